The van der Waals surface area contributed by atoms with Crippen molar-refractivity contribution in [2.75, 3.05) is 10.6 Å². The Labute approximate surface area is 168 Å². The molecule has 0 aliphatic rings. The number of carbonyl (C=O) groups excluding carboxylic acids is 3. The summed E-state index contributed by atoms with van der Waals surface area (Å²) in [6, 6.07) is 17.7. The summed E-state index contributed by atoms with van der Waals surface area (Å²) in [4.78, 5) is 39.9. The Morgan fingerprint density at radius 1 is 0.793 bits per heavy atom. The molecular weight excluding hydrogens is 368 g/mol. The van der Waals surface area contributed by atoms with Gasteiger partial charge in [-0.1, -0.05) is 30.3 Å². The van der Waals surface area contributed by atoms with E-state index in [1.54, 1.807) is 24.3 Å². The average molecular weight is 388 g/mol. The first-order valence-electron chi connectivity index (χ1n) is 8.97. The third kappa shape index (κ3) is 5.74. The number of amides is 3. The summed E-state index contributed by atoms with van der Waals surface area (Å²) < 4.78 is 0. The highest BCUT2D eigenvalue weighted by atomic mass is 16.2. The van der Waals surface area contributed by atoms with Crippen LogP contribution in [0.4, 0.5) is 11.4 Å². The molecule has 0 unspecified atom stereocenters. The van der Waals surface area contributed by atoms with Gasteiger partial charge in [0.15, 0.2) is 0 Å². The fourth-order valence-electron chi connectivity index (χ4n) is 2.61. The molecule has 146 valence electrons. The second-order valence-electron chi connectivity index (χ2n) is 6.34. The Balaban J connectivity index is 1.62. The van der Waals surface area contributed by atoms with Crippen LogP contribution in [-0.2, 0) is 11.3 Å². The lowest BCUT2D eigenvalue weighted by Crippen LogP contribution is -2.23. The number of pyridine rings is 1. The number of carbonyl (C=O) groups is 3. The van der Waals surface area contributed by atoms with Crippen molar-refractivity contribution in [1.29, 1.82) is 0 Å². The van der Waals surface area contributed by atoms with Crippen molar-refractivity contribution in [3.8, 4) is 0 Å². The molecule has 0 atom stereocenters. The number of nitrogens with zero attached hydrogens (tertiary/aromatic N) is 1. The van der Waals surface area contributed by atoms with Gasteiger partial charge < -0.3 is 16.0 Å². The van der Waals surface area contributed by atoms with Gasteiger partial charge in [0.1, 0.15) is 0 Å². The van der Waals surface area contributed by atoms with Gasteiger partial charge in [-0.15, -0.1) is 0 Å². The van der Waals surface area contributed by atoms with Crippen molar-refractivity contribution in [3.05, 3.63) is 89.7 Å². The number of aromatic nitrogens is 1. The summed E-state index contributed by atoms with van der Waals surface area (Å²) in [5, 5.41) is 8.20. The number of anilines is 2. The first kappa shape index (κ1) is 19.8. The number of nitrogens with one attached hydrogen (secondary N) is 3. The lowest BCUT2D eigenvalue weighted by atomic mass is 10.1. The highest BCUT2D eigenvalue weighted by Gasteiger charge is 2.12. The SMILES string of the molecule is CC(=O)Nc1ccc(NC(=O)c2cncc(C(=O)NCc3ccccc3)c2)cc1. The van der Waals surface area contributed by atoms with Gasteiger partial charge in [0, 0.05) is 37.2 Å². The van der Waals surface area contributed by atoms with Crippen LogP contribution in [0.15, 0.2) is 73.1 Å². The smallest absolute Gasteiger partial charge is 0.257 e. The Kier molecular flexibility index (Phi) is 6.32. The average Bonchev–Trinajstić information content (AvgIpc) is 2.74. The molecule has 7 nitrogen and oxygen atoms in total. The van der Waals surface area contributed by atoms with E-state index in [1.807, 2.05) is 30.3 Å². The molecule has 3 rings (SSSR count). The second kappa shape index (κ2) is 9.27. The highest BCUT2D eigenvalue weighted by molar-refractivity contribution is 6.06. The van der Waals surface area contributed by atoms with E-state index in [1.165, 1.54) is 25.4 Å². The summed E-state index contributed by atoms with van der Waals surface area (Å²) in [6.07, 6.45) is 2.81. The predicted molar refractivity (Wildman–Crippen MR) is 111 cm³/mol. The molecule has 0 bridgehead atoms. The van der Waals surface area contributed by atoms with Crippen molar-refractivity contribution in [2.24, 2.45) is 0 Å². The van der Waals surface area contributed by atoms with Crippen molar-refractivity contribution in [3.63, 3.8) is 0 Å². The van der Waals surface area contributed by atoms with E-state index >= 15 is 0 Å². The molecule has 3 aromatic rings. The van der Waals surface area contributed by atoms with Gasteiger partial charge in [0.2, 0.25) is 5.91 Å². The number of hydrogen-bond acceptors (Lipinski definition) is 4. The van der Waals surface area contributed by atoms with Crippen LogP contribution >= 0.6 is 0 Å². The summed E-state index contributed by atoms with van der Waals surface area (Å²) in [6.45, 7) is 1.81. The molecule has 0 aliphatic heterocycles. The summed E-state index contributed by atoms with van der Waals surface area (Å²) in [7, 11) is 0. The molecule has 0 saturated heterocycles. The molecule has 7 heteroatoms. The molecule has 0 fully saturated rings. The first-order chi connectivity index (χ1) is 14.0. The molecule has 0 aliphatic carbocycles. The summed E-state index contributed by atoms with van der Waals surface area (Å²) >= 11 is 0. The highest BCUT2D eigenvalue weighted by Crippen LogP contribution is 2.15. The second-order valence-corrected chi connectivity index (χ2v) is 6.34. The molecule has 1 heterocycles. The van der Waals surface area contributed by atoms with Gasteiger partial charge in [-0.3, -0.25) is 19.4 Å². The van der Waals surface area contributed by atoms with Gasteiger partial charge in [0.05, 0.1) is 11.1 Å². The normalized spacial score (nSPS) is 10.1. The standard InChI is InChI=1S/C22H20N4O3/c1-15(27)25-19-7-9-20(10-8-19)26-22(29)18-11-17(13-23-14-18)21(28)24-12-16-5-3-2-4-6-16/h2-11,13-14H,12H2,1H3,(H,24,28)(H,25,27)(H,26,29). The van der Waals surface area contributed by atoms with Gasteiger partial charge in [-0.2, -0.15) is 0 Å². The number of hydrogen-bond donors (Lipinski definition) is 3. The zero-order chi connectivity index (χ0) is 20.6. The van der Waals surface area contributed by atoms with Gasteiger partial charge in [0.25, 0.3) is 11.8 Å². The van der Waals surface area contributed by atoms with Crippen LogP contribution < -0.4 is 16.0 Å². The van der Waals surface area contributed by atoms with Gasteiger partial charge in [-0.05, 0) is 35.9 Å². The van der Waals surface area contributed by atoms with Crippen LogP contribution in [0.3, 0.4) is 0 Å². The molecule has 29 heavy (non-hydrogen) atoms. The van der Waals surface area contributed by atoms with E-state index in [2.05, 4.69) is 20.9 Å². The Bertz CT molecular complexity index is 1020. The zero-order valence-corrected chi connectivity index (χ0v) is 15.8. The van der Waals surface area contributed by atoms with Crippen LogP contribution in [0.5, 0.6) is 0 Å². The van der Waals surface area contributed by atoms with E-state index in [0.717, 1.165) is 5.56 Å². The van der Waals surface area contributed by atoms with Crippen LogP contribution in [0.2, 0.25) is 0 Å². The fraction of sp³-hybridized carbons (Fsp3) is 0.0909. The van der Waals surface area contributed by atoms with Crippen molar-refractivity contribution in [2.45, 2.75) is 13.5 Å². The Hall–Kier alpha value is -4.00. The van der Waals surface area contributed by atoms with Crippen molar-refractivity contribution >= 4 is 29.1 Å². The maximum absolute atomic E-state index is 12.5. The summed E-state index contributed by atoms with van der Waals surface area (Å²) in [5.74, 6) is -0.867. The molecule has 3 amide bonds. The minimum atomic E-state index is -0.387. The largest absolute Gasteiger partial charge is 0.348 e. The molecular formula is C22H20N4O3. The number of rotatable bonds is 6. The minimum absolute atomic E-state index is 0.171. The Morgan fingerprint density at radius 2 is 1.38 bits per heavy atom. The van der Waals surface area contributed by atoms with Crippen molar-refractivity contribution in [1.82, 2.24) is 10.3 Å². The summed E-state index contributed by atoms with van der Waals surface area (Å²) in [5.41, 5.74) is 2.74. The number of benzene rings is 2. The predicted octanol–water partition coefficient (Wildman–Crippen LogP) is 3.22. The van der Waals surface area contributed by atoms with Gasteiger partial charge >= 0.3 is 0 Å². The quantitative estimate of drug-likeness (QED) is 0.604. The molecule has 3 N–H and O–H groups in total. The van der Waals surface area contributed by atoms with Gasteiger partial charge in [-0.25, -0.2) is 0 Å². The Morgan fingerprint density at radius 3 is 2.00 bits per heavy atom. The van der Waals surface area contributed by atoms with Crippen molar-refractivity contribution < 1.29 is 14.4 Å². The molecule has 0 saturated carbocycles. The maximum atomic E-state index is 12.5. The van der Waals surface area contributed by atoms with E-state index in [0.29, 0.717) is 23.5 Å². The third-order valence-electron chi connectivity index (χ3n) is 4.02. The van der Waals surface area contributed by atoms with Crippen LogP contribution in [0.1, 0.15) is 33.2 Å². The minimum Gasteiger partial charge on any atom is -0.348 e. The van der Waals surface area contributed by atoms with Crippen LogP contribution in [0, 0.1) is 0 Å². The van der Waals surface area contributed by atoms with E-state index in [4.69, 9.17) is 0 Å². The molecule has 0 radical (unpaired) electrons. The fourth-order valence-corrected chi connectivity index (χ4v) is 2.61. The monoisotopic (exact) mass is 388 g/mol. The zero-order valence-electron chi connectivity index (χ0n) is 15.8. The first-order valence-corrected chi connectivity index (χ1v) is 8.97. The lowest BCUT2D eigenvalue weighted by Gasteiger charge is -2.08. The van der Waals surface area contributed by atoms with E-state index in [-0.39, 0.29) is 23.3 Å². The molecule has 2 aromatic carbocycles. The molecule has 0 spiro atoms. The van der Waals surface area contributed by atoms with E-state index < -0.39 is 0 Å². The van der Waals surface area contributed by atoms with E-state index in [9.17, 15) is 14.4 Å². The topological polar surface area (TPSA) is 100 Å². The molecule has 1 aromatic heterocycles. The lowest BCUT2D eigenvalue weighted by molar-refractivity contribution is -0.114. The van der Waals surface area contributed by atoms with Crippen LogP contribution in [0.25, 0.3) is 0 Å². The third-order valence-corrected chi connectivity index (χ3v) is 4.02. The van der Waals surface area contributed by atoms with Crippen LogP contribution in [-0.4, -0.2) is 22.7 Å². The maximum Gasteiger partial charge on any atom is 0.257 e.